The molecule has 2 aliphatic heterocycles. The van der Waals surface area contributed by atoms with E-state index in [1.807, 2.05) is 18.2 Å². The van der Waals surface area contributed by atoms with Crippen LogP contribution in [0.15, 0.2) is 51.8 Å². The van der Waals surface area contributed by atoms with Gasteiger partial charge in [0.2, 0.25) is 12.7 Å². The molecule has 2 aliphatic rings. The number of hydrogen-bond acceptors (Lipinski definition) is 7. The van der Waals surface area contributed by atoms with Crippen LogP contribution in [0.5, 0.6) is 11.5 Å². The van der Waals surface area contributed by atoms with Crippen molar-refractivity contribution >= 4 is 68.0 Å². The number of rotatable bonds is 8. The summed E-state index contributed by atoms with van der Waals surface area (Å²) in [7, 11) is 0. The second kappa shape index (κ2) is 11.7. The summed E-state index contributed by atoms with van der Waals surface area (Å²) in [6.45, 7) is 0.689. The van der Waals surface area contributed by atoms with Gasteiger partial charge in [0.1, 0.15) is 4.32 Å². The highest BCUT2D eigenvalue weighted by atomic mass is 79.9. The third kappa shape index (κ3) is 6.62. The Balaban J connectivity index is 1.16. The van der Waals surface area contributed by atoms with Crippen molar-refractivity contribution in [2.24, 2.45) is 0 Å². The van der Waals surface area contributed by atoms with Crippen molar-refractivity contribution < 1.29 is 23.9 Å². The Bertz CT molecular complexity index is 1190. The van der Waals surface area contributed by atoms with Crippen LogP contribution < -0.4 is 20.3 Å². The highest BCUT2D eigenvalue weighted by Crippen LogP contribution is 2.36. The van der Waals surface area contributed by atoms with Crippen molar-refractivity contribution in [2.45, 2.75) is 25.7 Å². The average Bonchev–Trinajstić information content (AvgIpc) is 3.42. The topological polar surface area (TPSA) is 97.0 Å². The molecule has 0 unspecified atom stereocenters. The van der Waals surface area contributed by atoms with Crippen LogP contribution in [0.1, 0.15) is 41.6 Å². The third-order valence-electron chi connectivity index (χ3n) is 5.28. The molecule has 2 aromatic rings. The number of hydrazine groups is 1. The minimum atomic E-state index is -0.381. The SMILES string of the molecule is O=C(CCCCCN1C(=O)C(=Cc2ccc3c(c2)OCO3)SC1=S)NNC(=O)c1ccc(Br)cc1. The molecule has 0 spiro atoms. The lowest BCUT2D eigenvalue weighted by Crippen LogP contribution is -2.41. The van der Waals surface area contributed by atoms with Crippen molar-refractivity contribution in [3.63, 3.8) is 0 Å². The second-order valence-electron chi connectivity index (χ2n) is 7.77. The van der Waals surface area contributed by atoms with E-state index in [2.05, 4.69) is 26.8 Å². The van der Waals surface area contributed by atoms with E-state index in [0.29, 0.717) is 45.7 Å². The minimum absolute atomic E-state index is 0.119. The molecule has 0 aromatic heterocycles. The van der Waals surface area contributed by atoms with Crippen molar-refractivity contribution in [3.05, 3.63) is 63.0 Å². The molecule has 1 fully saturated rings. The van der Waals surface area contributed by atoms with Gasteiger partial charge in [-0.1, -0.05) is 52.4 Å². The quantitative estimate of drug-likeness (QED) is 0.208. The van der Waals surface area contributed by atoms with E-state index < -0.39 is 0 Å². The molecule has 0 aliphatic carbocycles. The number of thiocarbonyl (C=S) groups is 1. The van der Waals surface area contributed by atoms with Crippen LogP contribution in [0, 0.1) is 0 Å². The summed E-state index contributed by atoms with van der Waals surface area (Å²) in [5.74, 6) is 0.578. The fourth-order valence-corrected chi connectivity index (χ4v) is 5.01. The molecular weight excluding hydrogens is 554 g/mol. The van der Waals surface area contributed by atoms with Gasteiger partial charge in [-0.3, -0.25) is 30.1 Å². The molecule has 182 valence electrons. The Hall–Kier alpha value is -2.89. The van der Waals surface area contributed by atoms with Crippen LogP contribution in [-0.4, -0.2) is 40.3 Å². The number of carbonyl (C=O) groups excluding carboxylic acids is 3. The number of hydrogen-bond donors (Lipinski definition) is 2. The maximum atomic E-state index is 12.8. The number of benzene rings is 2. The Morgan fingerprint density at radius 3 is 2.63 bits per heavy atom. The first kappa shape index (κ1) is 25.2. The minimum Gasteiger partial charge on any atom is -0.454 e. The van der Waals surface area contributed by atoms with Gasteiger partial charge in [0, 0.05) is 23.0 Å². The Morgan fingerprint density at radius 2 is 1.83 bits per heavy atom. The summed E-state index contributed by atoms with van der Waals surface area (Å²) in [6, 6.07) is 12.3. The highest BCUT2D eigenvalue weighted by molar-refractivity contribution is 9.10. The smallest absolute Gasteiger partial charge is 0.269 e. The van der Waals surface area contributed by atoms with Gasteiger partial charge in [-0.15, -0.1) is 0 Å². The maximum Gasteiger partial charge on any atom is 0.269 e. The van der Waals surface area contributed by atoms with E-state index >= 15 is 0 Å². The number of ether oxygens (including phenoxy) is 2. The second-order valence-corrected chi connectivity index (χ2v) is 10.4. The molecule has 8 nitrogen and oxygen atoms in total. The summed E-state index contributed by atoms with van der Waals surface area (Å²) >= 11 is 9.98. The summed E-state index contributed by atoms with van der Waals surface area (Å²) in [5, 5.41) is 0. The summed E-state index contributed by atoms with van der Waals surface area (Å²) in [6.07, 6.45) is 4.15. The predicted octanol–water partition coefficient (Wildman–Crippen LogP) is 4.40. The van der Waals surface area contributed by atoms with Crippen LogP contribution in [-0.2, 0) is 9.59 Å². The lowest BCUT2D eigenvalue weighted by molar-refractivity contribution is -0.123. The normalized spacial score (nSPS) is 15.6. The van der Waals surface area contributed by atoms with Crippen LogP contribution in [0.3, 0.4) is 0 Å². The van der Waals surface area contributed by atoms with Gasteiger partial charge >= 0.3 is 0 Å². The van der Waals surface area contributed by atoms with E-state index in [0.717, 1.165) is 16.5 Å². The van der Waals surface area contributed by atoms with Crippen molar-refractivity contribution in [2.75, 3.05) is 13.3 Å². The zero-order valence-electron chi connectivity index (χ0n) is 18.5. The van der Waals surface area contributed by atoms with E-state index in [1.54, 1.807) is 35.2 Å². The zero-order chi connectivity index (χ0) is 24.8. The first-order valence-electron chi connectivity index (χ1n) is 10.9. The Morgan fingerprint density at radius 1 is 1.06 bits per heavy atom. The lowest BCUT2D eigenvalue weighted by atomic mass is 10.1. The molecule has 0 radical (unpaired) electrons. The summed E-state index contributed by atoms with van der Waals surface area (Å²) in [4.78, 5) is 39.0. The van der Waals surface area contributed by atoms with Gasteiger partial charge < -0.3 is 9.47 Å². The molecular formula is C24H22BrN3O5S2. The van der Waals surface area contributed by atoms with Gasteiger partial charge in [-0.25, -0.2) is 0 Å². The largest absolute Gasteiger partial charge is 0.454 e. The maximum absolute atomic E-state index is 12.8. The molecule has 1 saturated heterocycles. The number of fused-ring (bicyclic) bond motifs is 1. The third-order valence-corrected chi connectivity index (χ3v) is 7.18. The van der Waals surface area contributed by atoms with Gasteiger partial charge in [-0.2, -0.15) is 0 Å². The van der Waals surface area contributed by atoms with Gasteiger partial charge in [0.05, 0.1) is 4.91 Å². The number of nitrogens with one attached hydrogen (secondary N) is 2. The van der Waals surface area contributed by atoms with Crippen LogP contribution >= 0.6 is 39.9 Å². The molecule has 3 amide bonds. The summed E-state index contributed by atoms with van der Waals surface area (Å²) in [5.41, 5.74) is 6.12. The fraction of sp³-hybridized carbons (Fsp3) is 0.250. The van der Waals surface area contributed by atoms with Crippen LogP contribution in [0.4, 0.5) is 0 Å². The Labute approximate surface area is 220 Å². The number of halogens is 1. The van der Waals surface area contributed by atoms with Crippen molar-refractivity contribution in [1.82, 2.24) is 15.8 Å². The first-order chi connectivity index (χ1) is 16.9. The van der Waals surface area contributed by atoms with E-state index in [-0.39, 0.29) is 30.9 Å². The number of carbonyl (C=O) groups is 3. The standard InChI is InChI=1S/C24H22BrN3O5S2/c25-17-8-6-16(7-9-17)22(30)27-26-21(29)4-2-1-3-11-28-23(31)20(35-24(28)34)13-15-5-10-18-19(12-15)33-14-32-18/h5-10,12-13H,1-4,11,14H2,(H,26,29)(H,27,30). The molecule has 2 aromatic carbocycles. The van der Waals surface area contributed by atoms with E-state index in [4.69, 9.17) is 21.7 Å². The molecule has 35 heavy (non-hydrogen) atoms. The van der Waals surface area contributed by atoms with Crippen molar-refractivity contribution in [1.29, 1.82) is 0 Å². The number of thioether (sulfide) groups is 1. The van der Waals surface area contributed by atoms with Gasteiger partial charge in [0.15, 0.2) is 11.5 Å². The van der Waals surface area contributed by atoms with Gasteiger partial charge in [-0.05, 0) is 60.9 Å². The molecule has 0 atom stereocenters. The van der Waals surface area contributed by atoms with E-state index in [1.165, 1.54) is 11.8 Å². The molecule has 11 heteroatoms. The molecule has 2 N–H and O–H groups in total. The fourth-order valence-electron chi connectivity index (χ4n) is 3.44. The monoisotopic (exact) mass is 575 g/mol. The molecule has 0 bridgehead atoms. The lowest BCUT2D eigenvalue weighted by Gasteiger charge is -2.14. The Kier molecular flexibility index (Phi) is 8.42. The van der Waals surface area contributed by atoms with Crippen LogP contribution in [0.25, 0.3) is 6.08 Å². The summed E-state index contributed by atoms with van der Waals surface area (Å²) < 4.78 is 12.1. The van der Waals surface area contributed by atoms with Gasteiger partial charge in [0.25, 0.3) is 11.8 Å². The molecule has 0 saturated carbocycles. The number of unbranched alkanes of at least 4 members (excludes halogenated alkanes) is 2. The molecule has 2 heterocycles. The van der Waals surface area contributed by atoms with Crippen molar-refractivity contribution in [3.8, 4) is 11.5 Å². The predicted molar refractivity (Wildman–Crippen MR) is 141 cm³/mol. The number of amides is 3. The highest BCUT2D eigenvalue weighted by Gasteiger charge is 2.31. The number of nitrogens with zero attached hydrogens (tertiary/aromatic N) is 1. The molecule has 4 rings (SSSR count). The van der Waals surface area contributed by atoms with E-state index in [9.17, 15) is 14.4 Å². The first-order valence-corrected chi connectivity index (χ1v) is 12.9. The average molecular weight is 576 g/mol. The zero-order valence-corrected chi connectivity index (χ0v) is 21.8. The van der Waals surface area contributed by atoms with Crippen LogP contribution in [0.2, 0.25) is 0 Å².